The number of rotatable bonds is 7. The van der Waals surface area contributed by atoms with E-state index in [9.17, 15) is 19.2 Å². The average Bonchev–Trinajstić information content (AvgIpc) is 3.12. The van der Waals surface area contributed by atoms with Crippen LogP contribution < -0.4 is 11.2 Å². The highest BCUT2D eigenvalue weighted by molar-refractivity contribution is 8.02. The Balaban J connectivity index is 1.50. The van der Waals surface area contributed by atoms with Gasteiger partial charge < -0.3 is 9.47 Å². The zero-order chi connectivity index (χ0) is 25.3. The maximum atomic E-state index is 16.7. The molecule has 1 aromatic heterocycles. The standard InChI is InChI=1S/C26H23FN2O6S/c27-26(13-11-19(30)17-7-3-1-4-8-17)22(34-21(32)18-9-5-2-6-10-18)25(14-16-36-25)23(35-26)29-15-12-20(31)28-24(29)33/h1-10,12,15,22-23H,11,13-14,16H2,(H,28,31,33)/t22-,23+,25+,26+/m0/s1. The SMILES string of the molecule is O=C(CC[C@@]1(F)O[C@@H](n2ccc(=O)[nH]c2=O)[C@@]2(CCS2)[C@@H]1OC(=O)c1ccccc1)c1ccccc1. The van der Waals surface area contributed by atoms with E-state index in [4.69, 9.17) is 9.47 Å². The highest BCUT2D eigenvalue weighted by Crippen LogP contribution is 2.62. The second-order valence-corrected chi connectivity index (χ2v) is 10.2. The Morgan fingerprint density at radius 1 is 1.06 bits per heavy atom. The van der Waals surface area contributed by atoms with Crippen molar-refractivity contribution in [3.8, 4) is 0 Å². The average molecular weight is 511 g/mol. The third-order valence-corrected chi connectivity index (χ3v) is 8.12. The number of halogens is 1. The van der Waals surface area contributed by atoms with E-state index in [1.54, 1.807) is 60.7 Å². The maximum absolute atomic E-state index is 16.7. The number of H-pyrrole nitrogens is 1. The topological polar surface area (TPSA) is 107 Å². The van der Waals surface area contributed by atoms with Crippen LogP contribution >= 0.6 is 11.8 Å². The van der Waals surface area contributed by atoms with Crippen molar-refractivity contribution in [2.24, 2.45) is 0 Å². The van der Waals surface area contributed by atoms with Gasteiger partial charge in [0.05, 0.1) is 5.56 Å². The second-order valence-electron chi connectivity index (χ2n) is 8.77. The summed E-state index contributed by atoms with van der Waals surface area (Å²) in [6, 6.07) is 17.8. The normalized spacial score (nSPS) is 26.9. The Bertz CT molecular complexity index is 1390. The van der Waals surface area contributed by atoms with Crippen LogP contribution in [0.1, 0.15) is 46.2 Å². The van der Waals surface area contributed by atoms with Crippen molar-refractivity contribution >= 4 is 23.5 Å². The molecule has 36 heavy (non-hydrogen) atoms. The quantitative estimate of drug-likeness (QED) is 0.383. The number of benzene rings is 2. The van der Waals surface area contributed by atoms with Gasteiger partial charge in [0.2, 0.25) is 5.85 Å². The fraction of sp³-hybridized carbons (Fsp3) is 0.308. The zero-order valence-electron chi connectivity index (χ0n) is 19.1. The molecule has 1 N–H and O–H groups in total. The van der Waals surface area contributed by atoms with Crippen LogP contribution in [0, 0.1) is 0 Å². The van der Waals surface area contributed by atoms with Crippen LogP contribution in [0.2, 0.25) is 0 Å². The molecule has 2 aliphatic rings. The molecule has 3 aromatic rings. The molecule has 0 saturated carbocycles. The van der Waals surface area contributed by atoms with Crippen molar-refractivity contribution in [2.75, 3.05) is 5.75 Å². The minimum Gasteiger partial charge on any atom is -0.451 e. The van der Waals surface area contributed by atoms with E-state index in [0.717, 1.165) is 10.6 Å². The van der Waals surface area contributed by atoms with Crippen molar-refractivity contribution in [1.29, 1.82) is 0 Å². The molecule has 3 heterocycles. The molecular formula is C26H23FN2O6S. The number of aromatic nitrogens is 2. The molecule has 0 bridgehead atoms. The summed E-state index contributed by atoms with van der Waals surface area (Å²) in [4.78, 5) is 52.1. The first-order valence-corrected chi connectivity index (χ1v) is 12.5. The Hall–Kier alpha value is -3.50. The van der Waals surface area contributed by atoms with Gasteiger partial charge in [0, 0.05) is 30.7 Å². The third-order valence-electron chi connectivity index (χ3n) is 6.55. The highest BCUT2D eigenvalue weighted by Gasteiger charge is 2.70. The molecule has 2 saturated heterocycles. The van der Waals surface area contributed by atoms with Crippen molar-refractivity contribution in [3.05, 3.63) is 105 Å². The van der Waals surface area contributed by atoms with Crippen molar-refractivity contribution < 1.29 is 23.5 Å². The third kappa shape index (κ3) is 4.31. The van der Waals surface area contributed by atoms with Gasteiger partial charge in [0.25, 0.3) is 5.56 Å². The Morgan fingerprint density at radius 2 is 1.69 bits per heavy atom. The Kier molecular flexibility index (Phi) is 6.40. The lowest BCUT2D eigenvalue weighted by Gasteiger charge is -2.44. The van der Waals surface area contributed by atoms with Crippen LogP contribution in [0.4, 0.5) is 4.39 Å². The van der Waals surface area contributed by atoms with Crippen molar-refractivity contribution in [2.45, 2.75) is 42.2 Å². The monoisotopic (exact) mass is 510 g/mol. The minimum atomic E-state index is -2.55. The van der Waals surface area contributed by atoms with Gasteiger partial charge in [-0.15, -0.1) is 11.8 Å². The molecule has 5 rings (SSSR count). The molecule has 0 aliphatic carbocycles. The smallest absolute Gasteiger partial charge is 0.338 e. The first-order valence-electron chi connectivity index (χ1n) is 11.5. The molecule has 0 radical (unpaired) electrons. The number of carbonyl (C=O) groups excluding carboxylic acids is 2. The number of ketones is 1. The summed E-state index contributed by atoms with van der Waals surface area (Å²) in [5, 5.41) is 0. The number of ether oxygens (including phenoxy) is 2. The molecule has 8 nitrogen and oxygen atoms in total. The zero-order valence-corrected chi connectivity index (χ0v) is 19.9. The summed E-state index contributed by atoms with van der Waals surface area (Å²) >= 11 is 1.33. The highest BCUT2D eigenvalue weighted by atomic mass is 32.2. The van der Waals surface area contributed by atoms with Gasteiger partial charge in [-0.25, -0.2) is 14.0 Å². The number of hydrogen-bond donors (Lipinski definition) is 1. The van der Waals surface area contributed by atoms with E-state index in [-0.39, 0.29) is 24.2 Å². The van der Waals surface area contributed by atoms with E-state index < -0.39 is 40.2 Å². The molecule has 0 unspecified atom stereocenters. The lowest BCUT2D eigenvalue weighted by molar-refractivity contribution is -0.191. The predicted molar refractivity (Wildman–Crippen MR) is 131 cm³/mol. The van der Waals surface area contributed by atoms with Gasteiger partial charge in [0.1, 0.15) is 4.75 Å². The number of alkyl halides is 1. The minimum absolute atomic E-state index is 0.201. The maximum Gasteiger partial charge on any atom is 0.338 e. The Labute approximate surface area is 209 Å². The summed E-state index contributed by atoms with van der Waals surface area (Å²) in [6.45, 7) is 0. The second kappa shape index (κ2) is 9.51. The van der Waals surface area contributed by atoms with Crippen LogP contribution in [0.3, 0.4) is 0 Å². The molecule has 2 aliphatic heterocycles. The molecule has 1 spiro atoms. The van der Waals surface area contributed by atoms with E-state index in [0.29, 0.717) is 17.7 Å². The molecule has 0 amide bonds. The number of hydrogen-bond acceptors (Lipinski definition) is 7. The summed E-state index contributed by atoms with van der Waals surface area (Å²) < 4.78 is 28.4. The number of Topliss-reactive ketones (excluding diaryl/α,β-unsaturated/α-hetero) is 1. The van der Waals surface area contributed by atoms with E-state index in [2.05, 4.69) is 4.98 Å². The van der Waals surface area contributed by atoms with Crippen molar-refractivity contribution in [1.82, 2.24) is 9.55 Å². The number of carbonyl (C=O) groups is 2. The first kappa shape index (κ1) is 24.2. The number of nitrogens with zero attached hydrogens (tertiary/aromatic N) is 1. The summed E-state index contributed by atoms with van der Waals surface area (Å²) in [5.74, 6) is -2.94. The number of thioether (sulfide) groups is 1. The summed E-state index contributed by atoms with van der Waals surface area (Å²) in [5.41, 5.74) is -0.698. The van der Waals surface area contributed by atoms with Gasteiger partial charge in [-0.2, -0.15) is 0 Å². The molecule has 2 aromatic carbocycles. The van der Waals surface area contributed by atoms with Gasteiger partial charge in [-0.3, -0.25) is 19.1 Å². The fourth-order valence-electron chi connectivity index (χ4n) is 4.66. The number of nitrogens with one attached hydrogen (secondary N) is 1. The van der Waals surface area contributed by atoms with E-state index in [1.807, 2.05) is 0 Å². The molecular weight excluding hydrogens is 487 g/mol. The number of esters is 1. The van der Waals surface area contributed by atoms with Gasteiger partial charge >= 0.3 is 11.7 Å². The molecule has 4 atom stereocenters. The fourth-order valence-corrected chi connectivity index (χ4v) is 6.02. The van der Waals surface area contributed by atoms with Crippen LogP contribution in [0.15, 0.2) is 82.5 Å². The lowest BCUT2D eigenvalue weighted by atomic mass is 9.90. The van der Waals surface area contributed by atoms with Gasteiger partial charge in [0.15, 0.2) is 18.1 Å². The molecule has 186 valence electrons. The molecule has 2 fully saturated rings. The largest absolute Gasteiger partial charge is 0.451 e. The van der Waals surface area contributed by atoms with Crippen LogP contribution in [-0.4, -0.2) is 43.8 Å². The van der Waals surface area contributed by atoms with Crippen LogP contribution in [-0.2, 0) is 9.47 Å². The first-order chi connectivity index (χ1) is 17.3. The summed E-state index contributed by atoms with van der Waals surface area (Å²) in [6.07, 6.45) is -1.50. The van der Waals surface area contributed by atoms with Crippen LogP contribution in [0.25, 0.3) is 0 Å². The van der Waals surface area contributed by atoms with E-state index >= 15 is 4.39 Å². The summed E-state index contributed by atoms with van der Waals surface area (Å²) in [7, 11) is 0. The van der Waals surface area contributed by atoms with Crippen molar-refractivity contribution in [3.63, 3.8) is 0 Å². The lowest BCUT2D eigenvalue weighted by Crippen LogP contribution is -2.55. The van der Waals surface area contributed by atoms with Crippen LogP contribution in [0.5, 0.6) is 0 Å². The van der Waals surface area contributed by atoms with E-state index in [1.165, 1.54) is 18.0 Å². The van der Waals surface area contributed by atoms with Gasteiger partial charge in [-0.1, -0.05) is 48.5 Å². The molecule has 10 heteroatoms. The van der Waals surface area contributed by atoms with Gasteiger partial charge in [-0.05, 0) is 24.3 Å². The Morgan fingerprint density at radius 3 is 2.28 bits per heavy atom. The number of aromatic amines is 1. The predicted octanol–water partition coefficient (Wildman–Crippen LogP) is 3.50.